The van der Waals surface area contributed by atoms with Crippen LogP contribution in [0.4, 0.5) is 10.1 Å². The molecule has 0 saturated carbocycles. The second-order valence-electron chi connectivity index (χ2n) is 7.00. The third-order valence-corrected chi connectivity index (χ3v) is 6.40. The van der Waals surface area contributed by atoms with Crippen molar-refractivity contribution in [2.45, 2.75) is 32.0 Å². The highest BCUT2D eigenvalue weighted by Gasteiger charge is 2.19. The van der Waals surface area contributed by atoms with Crippen molar-refractivity contribution in [3.05, 3.63) is 63.1 Å². The van der Waals surface area contributed by atoms with Crippen LogP contribution in [-0.4, -0.2) is 26.4 Å². The number of ether oxygens (including phenoxy) is 1. The summed E-state index contributed by atoms with van der Waals surface area (Å²) in [5, 5.41) is 12.3. The first-order valence-corrected chi connectivity index (χ1v) is 11.1. The zero-order valence-electron chi connectivity index (χ0n) is 17.4. The maximum absolute atomic E-state index is 13.2. The van der Waals surface area contributed by atoms with Crippen LogP contribution in [0.5, 0.6) is 5.75 Å². The molecule has 31 heavy (non-hydrogen) atoms. The van der Waals surface area contributed by atoms with Crippen molar-refractivity contribution >= 4 is 46.6 Å². The van der Waals surface area contributed by atoms with Crippen molar-refractivity contribution in [3.8, 4) is 5.75 Å². The fourth-order valence-corrected chi connectivity index (χ4v) is 3.95. The van der Waals surface area contributed by atoms with Crippen molar-refractivity contribution < 1.29 is 13.9 Å². The molecule has 1 atom stereocenters. The minimum Gasteiger partial charge on any atom is -0.483 e. The monoisotopic (exact) mass is 482 g/mol. The van der Waals surface area contributed by atoms with Gasteiger partial charge in [0.2, 0.25) is 5.91 Å². The summed E-state index contributed by atoms with van der Waals surface area (Å²) in [5.41, 5.74) is 2.30. The fourth-order valence-electron chi connectivity index (χ4n) is 2.94. The lowest BCUT2D eigenvalue weighted by atomic mass is 10.1. The Morgan fingerprint density at radius 1 is 1.23 bits per heavy atom. The number of hydrogen-bond donors (Lipinski definition) is 1. The Balaban J connectivity index is 1.61. The first-order chi connectivity index (χ1) is 14.7. The van der Waals surface area contributed by atoms with Gasteiger partial charge < -0.3 is 14.6 Å². The third kappa shape index (κ3) is 5.70. The van der Waals surface area contributed by atoms with E-state index in [1.165, 1.54) is 30.0 Å². The van der Waals surface area contributed by atoms with Crippen molar-refractivity contribution in [2.24, 2.45) is 7.05 Å². The topological polar surface area (TPSA) is 69.0 Å². The summed E-state index contributed by atoms with van der Waals surface area (Å²) in [6.07, 6.45) is -0.359. The Hall–Kier alpha value is -2.29. The number of thioether (sulfide) groups is 1. The molecule has 3 aromatic rings. The van der Waals surface area contributed by atoms with E-state index in [2.05, 4.69) is 15.5 Å². The van der Waals surface area contributed by atoms with Gasteiger partial charge in [-0.05, 0) is 62.2 Å². The predicted octanol–water partition coefficient (Wildman–Crippen LogP) is 5.75. The highest BCUT2D eigenvalue weighted by Crippen LogP contribution is 2.29. The number of carbonyl (C=O) groups excluding carboxylic acids is 1. The summed E-state index contributed by atoms with van der Waals surface area (Å²) in [6.45, 7) is 5.73. The summed E-state index contributed by atoms with van der Waals surface area (Å²) in [6, 6.07) is 7.77. The van der Waals surface area contributed by atoms with Gasteiger partial charge in [-0.1, -0.05) is 35.0 Å². The highest BCUT2D eigenvalue weighted by molar-refractivity contribution is 7.99. The Labute approximate surface area is 194 Å². The Morgan fingerprint density at radius 3 is 2.55 bits per heavy atom. The standard InChI is InChI=1S/C21H21Cl2FN4O2S/c1-11-7-15(8-12(2)19(11)23)30-13(3)20-26-27-21(28(20)4)31-10-18(29)25-14-5-6-17(24)16(22)9-14/h5-9,13H,10H2,1-4H3,(H,25,29). The number of amides is 1. The molecule has 1 N–H and O–H groups in total. The number of hydrogen-bond acceptors (Lipinski definition) is 5. The van der Waals surface area contributed by atoms with E-state index in [4.69, 9.17) is 27.9 Å². The number of benzene rings is 2. The highest BCUT2D eigenvalue weighted by atomic mass is 35.5. The average Bonchev–Trinajstić information content (AvgIpc) is 3.08. The summed E-state index contributed by atoms with van der Waals surface area (Å²) in [5.74, 6) is 0.612. The molecule has 10 heteroatoms. The van der Waals surface area contributed by atoms with Crippen LogP contribution < -0.4 is 10.1 Å². The first-order valence-electron chi connectivity index (χ1n) is 9.36. The number of rotatable bonds is 7. The van der Waals surface area contributed by atoms with Gasteiger partial charge in [0.25, 0.3) is 0 Å². The van der Waals surface area contributed by atoms with Gasteiger partial charge in [-0.2, -0.15) is 0 Å². The van der Waals surface area contributed by atoms with E-state index in [9.17, 15) is 9.18 Å². The number of nitrogens with one attached hydrogen (secondary N) is 1. The van der Waals surface area contributed by atoms with E-state index in [0.717, 1.165) is 16.1 Å². The maximum Gasteiger partial charge on any atom is 0.234 e. The normalized spacial score (nSPS) is 12.0. The van der Waals surface area contributed by atoms with Crippen molar-refractivity contribution in [3.63, 3.8) is 0 Å². The summed E-state index contributed by atoms with van der Waals surface area (Å²) in [7, 11) is 1.81. The van der Waals surface area contributed by atoms with E-state index in [1.807, 2.05) is 40.0 Å². The van der Waals surface area contributed by atoms with Crippen LogP contribution in [0.2, 0.25) is 10.0 Å². The molecule has 1 aromatic heterocycles. The fraction of sp³-hybridized carbons (Fsp3) is 0.286. The number of halogens is 3. The van der Waals surface area contributed by atoms with Gasteiger partial charge in [-0.3, -0.25) is 4.79 Å². The smallest absolute Gasteiger partial charge is 0.234 e. The zero-order chi connectivity index (χ0) is 22.7. The van der Waals surface area contributed by atoms with Gasteiger partial charge >= 0.3 is 0 Å². The van der Waals surface area contributed by atoms with Crippen LogP contribution in [0.25, 0.3) is 0 Å². The molecule has 1 amide bonds. The van der Waals surface area contributed by atoms with Gasteiger partial charge in [0.1, 0.15) is 11.6 Å². The van der Waals surface area contributed by atoms with Gasteiger partial charge in [0.05, 0.1) is 10.8 Å². The molecule has 0 saturated heterocycles. The molecule has 0 aliphatic heterocycles. The molecule has 3 rings (SSSR count). The minimum absolute atomic E-state index is 0.0524. The number of aromatic nitrogens is 3. The largest absolute Gasteiger partial charge is 0.483 e. The molecule has 0 aliphatic rings. The minimum atomic E-state index is -0.541. The lowest BCUT2D eigenvalue weighted by Crippen LogP contribution is -2.15. The molecule has 1 heterocycles. The van der Waals surface area contributed by atoms with Crippen LogP contribution in [-0.2, 0) is 11.8 Å². The molecule has 0 fully saturated rings. The van der Waals surface area contributed by atoms with Crippen molar-refractivity contribution in [1.82, 2.24) is 14.8 Å². The molecular weight excluding hydrogens is 462 g/mol. The molecule has 1 unspecified atom stereocenters. The van der Waals surface area contributed by atoms with E-state index >= 15 is 0 Å². The van der Waals surface area contributed by atoms with Crippen molar-refractivity contribution in [1.29, 1.82) is 0 Å². The lowest BCUT2D eigenvalue weighted by Gasteiger charge is -2.16. The number of nitrogens with zero attached hydrogens (tertiary/aromatic N) is 3. The molecule has 0 bridgehead atoms. The van der Waals surface area contributed by atoms with Gasteiger partial charge in [-0.15, -0.1) is 10.2 Å². The predicted molar refractivity (Wildman–Crippen MR) is 122 cm³/mol. The first kappa shape index (κ1) is 23.4. The molecule has 0 radical (unpaired) electrons. The Morgan fingerprint density at radius 2 is 1.90 bits per heavy atom. The summed E-state index contributed by atoms with van der Waals surface area (Å²) in [4.78, 5) is 12.2. The molecule has 0 aliphatic carbocycles. The van der Waals surface area contributed by atoms with E-state index in [-0.39, 0.29) is 22.8 Å². The van der Waals surface area contributed by atoms with Gasteiger partial charge in [-0.25, -0.2) is 4.39 Å². The number of aryl methyl sites for hydroxylation is 2. The maximum atomic E-state index is 13.2. The second kappa shape index (κ2) is 9.89. The summed E-state index contributed by atoms with van der Waals surface area (Å²) < 4.78 is 21.0. The lowest BCUT2D eigenvalue weighted by molar-refractivity contribution is -0.113. The molecular formula is C21H21Cl2FN4O2S. The Bertz CT molecular complexity index is 1100. The average molecular weight is 483 g/mol. The van der Waals surface area contributed by atoms with Crippen LogP contribution in [0, 0.1) is 19.7 Å². The van der Waals surface area contributed by atoms with Crippen LogP contribution in [0.1, 0.15) is 30.0 Å². The van der Waals surface area contributed by atoms with Gasteiger partial charge in [0.15, 0.2) is 17.1 Å². The SMILES string of the molecule is Cc1cc(OC(C)c2nnc(SCC(=O)Nc3ccc(F)c(Cl)c3)n2C)cc(C)c1Cl. The molecule has 6 nitrogen and oxygen atoms in total. The van der Waals surface area contributed by atoms with Gasteiger partial charge in [0, 0.05) is 17.8 Å². The molecule has 0 spiro atoms. The van der Waals surface area contributed by atoms with Crippen LogP contribution in [0.15, 0.2) is 35.5 Å². The van der Waals surface area contributed by atoms with Crippen LogP contribution in [0.3, 0.4) is 0 Å². The Kier molecular flexibility index (Phi) is 7.46. The second-order valence-corrected chi connectivity index (χ2v) is 8.72. The quantitative estimate of drug-likeness (QED) is 0.434. The molecule has 2 aromatic carbocycles. The number of anilines is 1. The van der Waals surface area contributed by atoms with Crippen molar-refractivity contribution in [2.75, 3.05) is 11.1 Å². The zero-order valence-corrected chi connectivity index (χ0v) is 19.7. The number of carbonyl (C=O) groups is 1. The van der Waals surface area contributed by atoms with E-state index < -0.39 is 5.82 Å². The third-order valence-electron chi connectivity index (χ3n) is 4.49. The van der Waals surface area contributed by atoms with E-state index in [1.54, 1.807) is 4.57 Å². The van der Waals surface area contributed by atoms with Crippen LogP contribution >= 0.6 is 35.0 Å². The molecule has 164 valence electrons. The van der Waals surface area contributed by atoms with E-state index in [0.29, 0.717) is 22.4 Å². The summed E-state index contributed by atoms with van der Waals surface area (Å²) >= 11 is 13.2.